The van der Waals surface area contributed by atoms with Gasteiger partial charge in [-0.05, 0) is 42.3 Å². The Morgan fingerprint density at radius 3 is 2.76 bits per heavy atom. The Balaban J connectivity index is 1.97. The van der Waals surface area contributed by atoms with E-state index in [0.717, 1.165) is 33.6 Å². The molecule has 0 aliphatic carbocycles. The molecule has 2 aromatic carbocycles. The number of hydrogen-bond donors (Lipinski definition) is 0. The molecule has 0 fully saturated rings. The summed E-state index contributed by atoms with van der Waals surface area (Å²) in [5, 5.41) is 0. The number of esters is 1. The average Bonchev–Trinajstić information content (AvgIpc) is 2.80. The smallest absolute Gasteiger partial charge is 0.333 e. The van der Waals surface area contributed by atoms with Gasteiger partial charge in [0.2, 0.25) is 0 Å². The average molecular weight is 402 g/mol. The summed E-state index contributed by atoms with van der Waals surface area (Å²) in [5.74, 6) is 0.594. The van der Waals surface area contributed by atoms with Gasteiger partial charge in [0.05, 0.1) is 14.2 Å². The summed E-state index contributed by atoms with van der Waals surface area (Å²) < 4.78 is 11.4. The lowest BCUT2D eigenvalue weighted by Crippen LogP contribution is -2.24. The van der Waals surface area contributed by atoms with E-state index in [1.54, 1.807) is 7.11 Å². The van der Waals surface area contributed by atoms with Gasteiger partial charge < -0.3 is 14.4 Å². The van der Waals surface area contributed by atoms with Crippen LogP contribution in [0.1, 0.15) is 17.5 Å². The fraction of sp³-hybridized carbons (Fsp3) is 0.250. The van der Waals surface area contributed by atoms with Gasteiger partial charge in [0.15, 0.2) is 0 Å². The number of nitrogens with zero attached hydrogens (tertiary/aromatic N) is 1. The highest BCUT2D eigenvalue weighted by molar-refractivity contribution is 9.10. The van der Waals surface area contributed by atoms with E-state index in [9.17, 15) is 4.79 Å². The van der Waals surface area contributed by atoms with Crippen LogP contribution in [-0.4, -0.2) is 26.7 Å². The first-order chi connectivity index (χ1) is 12.1. The van der Waals surface area contributed by atoms with Crippen LogP contribution in [0.3, 0.4) is 0 Å². The van der Waals surface area contributed by atoms with Crippen LogP contribution in [0.4, 0.5) is 5.69 Å². The number of halogens is 1. The molecule has 0 N–H and O–H groups in total. The summed E-state index contributed by atoms with van der Waals surface area (Å²) in [5.41, 5.74) is 3.89. The number of carbonyl (C=O) groups is 1. The minimum Gasteiger partial charge on any atom is -0.496 e. The molecule has 0 radical (unpaired) electrons. The number of carbonyl (C=O) groups excluding carboxylic acids is 1. The highest BCUT2D eigenvalue weighted by atomic mass is 79.9. The van der Waals surface area contributed by atoms with Crippen LogP contribution in [0.5, 0.6) is 5.75 Å². The zero-order chi connectivity index (χ0) is 17.8. The number of benzene rings is 2. The molecule has 0 aromatic heterocycles. The van der Waals surface area contributed by atoms with E-state index in [4.69, 9.17) is 9.47 Å². The van der Waals surface area contributed by atoms with Crippen molar-refractivity contribution in [3.8, 4) is 5.75 Å². The predicted octanol–water partition coefficient (Wildman–Crippen LogP) is 4.42. The molecule has 1 heterocycles. The van der Waals surface area contributed by atoms with E-state index in [1.165, 1.54) is 7.11 Å². The number of hydrogen-bond acceptors (Lipinski definition) is 4. The Morgan fingerprint density at radius 1 is 1.20 bits per heavy atom. The number of fused-ring (bicyclic) bond motifs is 1. The summed E-state index contributed by atoms with van der Waals surface area (Å²) in [6, 6.07) is 14.1. The zero-order valence-electron chi connectivity index (χ0n) is 14.3. The first-order valence-corrected chi connectivity index (χ1v) is 8.87. The Labute approximate surface area is 156 Å². The molecule has 4 nitrogen and oxygen atoms in total. The standard InChI is InChI=1S/C20H20BrNO3/c1-24-19-6-4-3-5-15(19)13-22-10-9-14(20(23)25-2)11-16-12-17(21)7-8-18(16)22/h3-8,11-12H,9-10,13H2,1-2H3. The van der Waals surface area contributed by atoms with Crippen molar-refractivity contribution in [2.75, 3.05) is 25.7 Å². The molecule has 0 saturated carbocycles. The Hall–Kier alpha value is -2.27. The van der Waals surface area contributed by atoms with Crippen LogP contribution in [0.15, 0.2) is 52.5 Å². The van der Waals surface area contributed by atoms with E-state index >= 15 is 0 Å². The molecule has 2 aromatic rings. The monoisotopic (exact) mass is 401 g/mol. The predicted molar refractivity (Wildman–Crippen MR) is 103 cm³/mol. The second-order valence-corrected chi connectivity index (χ2v) is 6.76. The summed E-state index contributed by atoms with van der Waals surface area (Å²) in [6.07, 6.45) is 2.56. The normalized spacial score (nSPS) is 13.6. The third-order valence-electron chi connectivity index (χ3n) is 4.31. The van der Waals surface area contributed by atoms with Crippen molar-refractivity contribution in [2.45, 2.75) is 13.0 Å². The molecule has 0 spiro atoms. The molecule has 0 unspecified atom stereocenters. The van der Waals surface area contributed by atoms with Gasteiger partial charge in [-0.25, -0.2) is 4.79 Å². The van der Waals surface area contributed by atoms with Crippen molar-refractivity contribution < 1.29 is 14.3 Å². The summed E-state index contributed by atoms with van der Waals surface area (Å²) in [6.45, 7) is 1.44. The first-order valence-electron chi connectivity index (χ1n) is 8.07. The van der Waals surface area contributed by atoms with Gasteiger partial charge in [-0.3, -0.25) is 0 Å². The molecule has 0 bridgehead atoms. The minimum absolute atomic E-state index is 0.273. The molecule has 0 atom stereocenters. The number of anilines is 1. The molecule has 3 rings (SSSR count). The number of ether oxygens (including phenoxy) is 2. The topological polar surface area (TPSA) is 38.8 Å². The number of para-hydroxylation sites is 1. The molecular formula is C20H20BrNO3. The molecule has 130 valence electrons. The lowest BCUT2D eigenvalue weighted by Gasteiger charge is -2.26. The van der Waals surface area contributed by atoms with Crippen LogP contribution >= 0.6 is 15.9 Å². The molecule has 25 heavy (non-hydrogen) atoms. The highest BCUT2D eigenvalue weighted by Gasteiger charge is 2.21. The quantitative estimate of drug-likeness (QED) is 0.710. The van der Waals surface area contributed by atoms with Gasteiger partial charge in [-0.15, -0.1) is 0 Å². The van der Waals surface area contributed by atoms with Crippen LogP contribution in [0, 0.1) is 0 Å². The summed E-state index contributed by atoms with van der Waals surface area (Å²) in [7, 11) is 3.10. The number of rotatable bonds is 4. The third kappa shape index (κ3) is 3.87. The Bertz CT molecular complexity index is 816. The maximum Gasteiger partial charge on any atom is 0.333 e. The van der Waals surface area contributed by atoms with Crippen LogP contribution in [0.25, 0.3) is 6.08 Å². The van der Waals surface area contributed by atoms with E-state index in [1.807, 2.05) is 36.4 Å². The Kier molecular flexibility index (Phi) is 5.43. The summed E-state index contributed by atoms with van der Waals surface area (Å²) >= 11 is 3.52. The van der Waals surface area contributed by atoms with Crippen LogP contribution in [-0.2, 0) is 16.1 Å². The molecule has 0 amide bonds. The lowest BCUT2D eigenvalue weighted by atomic mass is 10.1. The van der Waals surface area contributed by atoms with Gasteiger partial charge in [0, 0.05) is 34.4 Å². The van der Waals surface area contributed by atoms with Crippen molar-refractivity contribution in [1.82, 2.24) is 0 Å². The van der Waals surface area contributed by atoms with E-state index in [-0.39, 0.29) is 5.97 Å². The molecular weight excluding hydrogens is 382 g/mol. The third-order valence-corrected chi connectivity index (χ3v) is 4.81. The van der Waals surface area contributed by atoms with Gasteiger partial charge in [-0.1, -0.05) is 34.1 Å². The van der Waals surface area contributed by atoms with Crippen molar-refractivity contribution in [1.29, 1.82) is 0 Å². The van der Waals surface area contributed by atoms with Gasteiger partial charge in [-0.2, -0.15) is 0 Å². The van der Waals surface area contributed by atoms with E-state index in [2.05, 4.69) is 33.0 Å². The lowest BCUT2D eigenvalue weighted by molar-refractivity contribution is -0.136. The van der Waals surface area contributed by atoms with E-state index < -0.39 is 0 Å². The molecule has 1 aliphatic heterocycles. The fourth-order valence-electron chi connectivity index (χ4n) is 3.06. The largest absolute Gasteiger partial charge is 0.496 e. The van der Waals surface area contributed by atoms with Crippen LogP contribution in [0.2, 0.25) is 0 Å². The first kappa shape index (κ1) is 17.5. The minimum atomic E-state index is -0.273. The second kappa shape index (κ2) is 7.74. The SMILES string of the molecule is COC(=O)C1=Cc2cc(Br)ccc2N(Cc2ccccc2OC)CC1. The molecule has 1 aliphatic rings. The van der Waals surface area contributed by atoms with Crippen molar-refractivity contribution in [2.24, 2.45) is 0 Å². The van der Waals surface area contributed by atoms with Crippen molar-refractivity contribution in [3.63, 3.8) is 0 Å². The maximum atomic E-state index is 12.0. The Morgan fingerprint density at radius 2 is 2.00 bits per heavy atom. The molecule has 0 saturated heterocycles. The number of methoxy groups -OCH3 is 2. The van der Waals surface area contributed by atoms with Crippen molar-refractivity contribution >= 4 is 33.7 Å². The molecule has 5 heteroatoms. The second-order valence-electron chi connectivity index (χ2n) is 5.85. The summed E-state index contributed by atoms with van der Waals surface area (Å²) in [4.78, 5) is 14.3. The zero-order valence-corrected chi connectivity index (χ0v) is 15.9. The van der Waals surface area contributed by atoms with Gasteiger partial charge in [0.1, 0.15) is 5.75 Å². The maximum absolute atomic E-state index is 12.0. The van der Waals surface area contributed by atoms with Gasteiger partial charge >= 0.3 is 5.97 Å². The van der Waals surface area contributed by atoms with Crippen LogP contribution < -0.4 is 9.64 Å². The highest BCUT2D eigenvalue weighted by Crippen LogP contribution is 2.33. The van der Waals surface area contributed by atoms with E-state index in [0.29, 0.717) is 18.5 Å². The van der Waals surface area contributed by atoms with Crippen molar-refractivity contribution in [3.05, 3.63) is 63.6 Å². The van der Waals surface area contributed by atoms with Gasteiger partial charge in [0.25, 0.3) is 0 Å². The fourth-order valence-corrected chi connectivity index (χ4v) is 3.44.